The van der Waals surface area contributed by atoms with Crippen LogP contribution in [0.3, 0.4) is 0 Å². The lowest BCUT2D eigenvalue weighted by atomic mass is 9.84. The molecular formula is C13H11F3O2. The Balaban J connectivity index is 2.40. The Hall–Kier alpha value is -1.78. The molecule has 0 amide bonds. The molecule has 1 N–H and O–H groups in total. The van der Waals surface area contributed by atoms with Gasteiger partial charge in [-0.1, -0.05) is 18.2 Å². The smallest absolute Gasteiger partial charge is 0.416 e. The van der Waals surface area contributed by atoms with Crippen LogP contribution in [0.1, 0.15) is 29.9 Å². The van der Waals surface area contributed by atoms with Gasteiger partial charge in [-0.05, 0) is 17.5 Å². The minimum atomic E-state index is -4.45. The fourth-order valence-electron chi connectivity index (χ4n) is 2.20. The topological polar surface area (TPSA) is 37.3 Å². The van der Waals surface area contributed by atoms with E-state index in [0.717, 1.165) is 12.1 Å². The van der Waals surface area contributed by atoms with Crippen LogP contribution in [0.4, 0.5) is 13.2 Å². The Bertz CT molecular complexity index is 503. The van der Waals surface area contributed by atoms with Gasteiger partial charge in [-0.3, -0.25) is 4.79 Å². The van der Waals surface area contributed by atoms with Gasteiger partial charge in [0.05, 0.1) is 11.3 Å². The highest BCUT2D eigenvalue weighted by molar-refractivity contribution is 5.91. The number of carbonyl (C=O) groups excluding carboxylic acids is 1. The van der Waals surface area contributed by atoms with E-state index in [-0.39, 0.29) is 29.9 Å². The second-order valence-electron chi connectivity index (χ2n) is 4.29. The number of ketones is 1. The number of aliphatic hydroxyl groups excluding tert-OH is 1. The average Bonchev–Trinajstić information content (AvgIpc) is 2.26. The summed E-state index contributed by atoms with van der Waals surface area (Å²) in [6.45, 7) is 0. The largest absolute Gasteiger partial charge is 0.512 e. The predicted octanol–water partition coefficient (Wildman–Crippen LogP) is 3.59. The summed E-state index contributed by atoms with van der Waals surface area (Å²) < 4.78 is 38.5. The maximum atomic E-state index is 12.8. The van der Waals surface area contributed by atoms with E-state index in [4.69, 9.17) is 0 Å². The van der Waals surface area contributed by atoms with E-state index < -0.39 is 17.7 Å². The zero-order chi connectivity index (χ0) is 13.3. The van der Waals surface area contributed by atoms with Crippen LogP contribution in [-0.2, 0) is 11.0 Å². The van der Waals surface area contributed by atoms with Gasteiger partial charge in [0.25, 0.3) is 0 Å². The van der Waals surface area contributed by atoms with E-state index in [1.54, 1.807) is 0 Å². The number of halogens is 3. The van der Waals surface area contributed by atoms with Crippen LogP contribution in [0, 0.1) is 0 Å². The van der Waals surface area contributed by atoms with Crippen LogP contribution < -0.4 is 0 Å². The van der Waals surface area contributed by atoms with Crippen molar-refractivity contribution in [2.75, 3.05) is 0 Å². The second kappa shape index (κ2) is 4.48. The Morgan fingerprint density at radius 2 is 1.83 bits per heavy atom. The zero-order valence-corrected chi connectivity index (χ0v) is 9.37. The second-order valence-corrected chi connectivity index (χ2v) is 4.29. The van der Waals surface area contributed by atoms with Crippen LogP contribution in [0.15, 0.2) is 36.1 Å². The quantitative estimate of drug-likeness (QED) is 0.833. The van der Waals surface area contributed by atoms with Gasteiger partial charge in [-0.2, -0.15) is 13.2 Å². The number of alkyl halides is 3. The third-order valence-electron chi connectivity index (χ3n) is 2.94. The molecule has 5 heteroatoms. The number of hydrogen-bond acceptors (Lipinski definition) is 2. The Labute approximate surface area is 102 Å². The molecule has 2 rings (SSSR count). The molecule has 0 fully saturated rings. The molecule has 1 aromatic carbocycles. The molecule has 0 saturated heterocycles. The summed E-state index contributed by atoms with van der Waals surface area (Å²) in [5, 5.41) is 9.36. The summed E-state index contributed by atoms with van der Waals surface area (Å²) in [4.78, 5) is 11.3. The molecule has 18 heavy (non-hydrogen) atoms. The summed E-state index contributed by atoms with van der Waals surface area (Å²) in [5.74, 6) is -1.12. The lowest BCUT2D eigenvalue weighted by Gasteiger charge is -2.23. The summed E-state index contributed by atoms with van der Waals surface area (Å²) in [5.41, 5.74) is -0.671. The van der Waals surface area contributed by atoms with Gasteiger partial charge in [-0.25, -0.2) is 0 Å². The highest BCUT2D eigenvalue weighted by atomic mass is 19.4. The van der Waals surface area contributed by atoms with E-state index in [9.17, 15) is 23.1 Å². The molecule has 1 atom stereocenters. The maximum Gasteiger partial charge on any atom is 0.416 e. The fraction of sp³-hybridized carbons (Fsp3) is 0.308. The maximum absolute atomic E-state index is 12.8. The van der Waals surface area contributed by atoms with Crippen molar-refractivity contribution in [1.82, 2.24) is 0 Å². The summed E-state index contributed by atoms with van der Waals surface area (Å²) in [6, 6.07) is 5.17. The fourth-order valence-corrected chi connectivity index (χ4v) is 2.20. The van der Waals surface area contributed by atoms with Crippen molar-refractivity contribution in [2.24, 2.45) is 0 Å². The van der Waals surface area contributed by atoms with Crippen molar-refractivity contribution >= 4 is 5.78 Å². The van der Waals surface area contributed by atoms with Crippen LogP contribution in [0.2, 0.25) is 0 Å². The van der Waals surface area contributed by atoms with Crippen molar-refractivity contribution in [1.29, 1.82) is 0 Å². The molecule has 1 aliphatic carbocycles. The highest BCUT2D eigenvalue weighted by Crippen LogP contribution is 2.39. The van der Waals surface area contributed by atoms with Gasteiger partial charge < -0.3 is 5.11 Å². The molecule has 0 radical (unpaired) electrons. The Morgan fingerprint density at radius 3 is 2.44 bits per heavy atom. The number of hydrogen-bond donors (Lipinski definition) is 1. The van der Waals surface area contributed by atoms with Crippen molar-refractivity contribution in [3.63, 3.8) is 0 Å². The zero-order valence-electron chi connectivity index (χ0n) is 9.37. The average molecular weight is 256 g/mol. The van der Waals surface area contributed by atoms with Crippen molar-refractivity contribution in [3.05, 3.63) is 47.2 Å². The third-order valence-corrected chi connectivity index (χ3v) is 2.94. The molecule has 0 unspecified atom stereocenters. The van der Waals surface area contributed by atoms with E-state index >= 15 is 0 Å². The third kappa shape index (κ3) is 2.55. The lowest BCUT2D eigenvalue weighted by molar-refractivity contribution is -0.138. The lowest BCUT2D eigenvalue weighted by Crippen LogP contribution is -2.17. The monoisotopic (exact) mass is 256 g/mol. The molecule has 2 nitrogen and oxygen atoms in total. The molecule has 0 bridgehead atoms. The first-order valence-electron chi connectivity index (χ1n) is 5.46. The number of aliphatic hydroxyl groups is 1. The van der Waals surface area contributed by atoms with Crippen molar-refractivity contribution in [3.8, 4) is 0 Å². The minimum Gasteiger partial charge on any atom is -0.512 e. The summed E-state index contributed by atoms with van der Waals surface area (Å²) in [7, 11) is 0. The van der Waals surface area contributed by atoms with Gasteiger partial charge >= 0.3 is 6.18 Å². The molecule has 0 saturated carbocycles. The first-order chi connectivity index (χ1) is 8.38. The predicted molar refractivity (Wildman–Crippen MR) is 59.1 cm³/mol. The molecule has 0 spiro atoms. The standard InChI is InChI=1S/C13H11F3O2/c14-13(15,16)12-4-2-1-3-11(12)8-5-9(17)7-10(18)6-8/h1-4,7-8,17H,5-6H2/t8-/m0/s1. The van der Waals surface area contributed by atoms with E-state index in [1.165, 1.54) is 18.2 Å². The highest BCUT2D eigenvalue weighted by Gasteiger charge is 2.36. The van der Waals surface area contributed by atoms with E-state index in [2.05, 4.69) is 0 Å². The van der Waals surface area contributed by atoms with E-state index in [1.807, 2.05) is 0 Å². The Kier molecular flexibility index (Phi) is 3.15. The number of benzene rings is 1. The van der Waals surface area contributed by atoms with Gasteiger partial charge in [0.15, 0.2) is 5.78 Å². The molecule has 96 valence electrons. The van der Waals surface area contributed by atoms with Crippen LogP contribution >= 0.6 is 0 Å². The van der Waals surface area contributed by atoms with E-state index in [0.29, 0.717) is 0 Å². The number of allylic oxidation sites excluding steroid dienone is 2. The van der Waals surface area contributed by atoms with Crippen LogP contribution in [0.25, 0.3) is 0 Å². The van der Waals surface area contributed by atoms with Crippen molar-refractivity contribution in [2.45, 2.75) is 24.9 Å². The molecular weight excluding hydrogens is 245 g/mol. The molecule has 1 aliphatic rings. The minimum absolute atomic E-state index is 0.00282. The van der Waals surface area contributed by atoms with Gasteiger partial charge in [0.2, 0.25) is 0 Å². The molecule has 0 heterocycles. The molecule has 1 aromatic rings. The summed E-state index contributed by atoms with van der Waals surface area (Å²) in [6.07, 6.45) is -3.31. The number of carbonyl (C=O) groups is 1. The number of rotatable bonds is 1. The van der Waals surface area contributed by atoms with Crippen molar-refractivity contribution < 1.29 is 23.1 Å². The first kappa shape index (κ1) is 12.7. The normalized spacial score (nSPS) is 20.7. The molecule has 0 aromatic heterocycles. The van der Waals surface area contributed by atoms with Gasteiger partial charge in [-0.15, -0.1) is 0 Å². The first-order valence-corrected chi connectivity index (χ1v) is 5.46. The SMILES string of the molecule is O=C1C=C(O)C[C@H](c2ccccc2C(F)(F)F)C1. The Morgan fingerprint density at radius 1 is 1.17 bits per heavy atom. The van der Waals surface area contributed by atoms with Gasteiger partial charge in [0, 0.05) is 18.9 Å². The molecule has 0 aliphatic heterocycles. The van der Waals surface area contributed by atoms with Crippen LogP contribution in [0.5, 0.6) is 0 Å². The van der Waals surface area contributed by atoms with Crippen LogP contribution in [-0.4, -0.2) is 10.9 Å². The van der Waals surface area contributed by atoms with Gasteiger partial charge in [0.1, 0.15) is 0 Å². The summed E-state index contributed by atoms with van der Waals surface area (Å²) >= 11 is 0.